The second-order valence-electron chi connectivity index (χ2n) is 17.0. The van der Waals surface area contributed by atoms with E-state index in [4.69, 9.17) is 4.74 Å². The highest BCUT2D eigenvalue weighted by Gasteiger charge is 2.45. The molecule has 0 aromatic heterocycles. The highest BCUT2D eigenvalue weighted by Crippen LogP contribution is 2.49. The largest absolute Gasteiger partial charge is 0.691 e. The summed E-state index contributed by atoms with van der Waals surface area (Å²) < 4.78 is 12.8. The fourth-order valence-corrected chi connectivity index (χ4v) is 8.65. The van der Waals surface area contributed by atoms with Gasteiger partial charge in [0.05, 0.1) is 34.4 Å². The van der Waals surface area contributed by atoms with E-state index in [0.29, 0.717) is 16.9 Å². The lowest BCUT2D eigenvalue weighted by Crippen LogP contribution is -2.34. The van der Waals surface area contributed by atoms with Crippen molar-refractivity contribution >= 4 is 35.2 Å². The fraction of sp³-hybridized carbons (Fsp3) is 0.478. The first-order chi connectivity index (χ1) is 27.1. The zero-order valence-electron chi connectivity index (χ0n) is 35.0. The van der Waals surface area contributed by atoms with Crippen LogP contribution in [0.1, 0.15) is 123 Å². The second-order valence-corrected chi connectivity index (χ2v) is 17.8. The van der Waals surface area contributed by atoms with Gasteiger partial charge in [-0.1, -0.05) is 39.3 Å². The molecule has 0 spiro atoms. The van der Waals surface area contributed by atoms with E-state index >= 15 is 0 Å². The molecule has 2 aromatic rings. The summed E-state index contributed by atoms with van der Waals surface area (Å²) in [5, 5.41) is 33.2. The molecule has 1 aliphatic carbocycles. The quantitative estimate of drug-likeness (QED) is 0.0570. The van der Waals surface area contributed by atoms with Gasteiger partial charge in [0.25, 0.3) is 0 Å². The Morgan fingerprint density at radius 1 is 0.965 bits per heavy atom. The van der Waals surface area contributed by atoms with Crippen LogP contribution in [0.3, 0.4) is 0 Å². The van der Waals surface area contributed by atoms with Gasteiger partial charge in [0.15, 0.2) is 5.71 Å². The number of carbonyl (C=O) groups is 1. The molecule has 0 saturated carbocycles. The number of allylic oxidation sites excluding steroid dienone is 7. The molecule has 1 amide bonds. The standard InChI is InChI=1S/C46H57N5O5S/c1-10-11-12-25-50-38-21-15-32(30-47)28-36(38)45(5,6)40(50)23-19-34-17-18-35(42(34)49(9)43(52)54-44(2,3)4)20-24-41-46(7,8)37-29-33(31-48)16-22-39(37)51(41)26-13-14-27-57-56-55-53/h15-16,19-24,28-29H,10-14,17-18,25-27H2,1-9H3. The number of hydrogen-bond donors (Lipinski definition) is 0. The normalized spacial score (nSPS) is 18.4. The van der Waals surface area contributed by atoms with Crippen molar-refractivity contribution in [2.45, 2.75) is 117 Å². The number of anilines is 1. The number of nitrogens with zero attached hydrogens (tertiary/aromatic N) is 5. The lowest BCUT2D eigenvalue weighted by atomic mass is 9.80. The molecule has 302 valence electrons. The van der Waals surface area contributed by atoms with Crippen LogP contribution in [0.25, 0.3) is 0 Å². The van der Waals surface area contributed by atoms with Crippen LogP contribution in [0.4, 0.5) is 16.2 Å². The van der Waals surface area contributed by atoms with Crippen LogP contribution in [0, 0.1) is 22.7 Å². The minimum atomic E-state index is -0.668. The van der Waals surface area contributed by atoms with Gasteiger partial charge in [-0.05, 0) is 120 Å². The van der Waals surface area contributed by atoms with Crippen molar-refractivity contribution in [1.29, 1.82) is 10.5 Å². The number of fused-ring (bicyclic) bond motifs is 2. The Labute approximate surface area is 343 Å². The highest BCUT2D eigenvalue weighted by atomic mass is 32.2. The molecular weight excluding hydrogens is 735 g/mol. The van der Waals surface area contributed by atoms with E-state index in [1.807, 2.05) is 51.1 Å². The third kappa shape index (κ3) is 9.56. The zero-order valence-corrected chi connectivity index (χ0v) is 35.8. The monoisotopic (exact) mass is 791 g/mol. The molecule has 0 radical (unpaired) electrons. The van der Waals surface area contributed by atoms with Gasteiger partial charge in [-0.2, -0.15) is 19.4 Å². The van der Waals surface area contributed by atoms with E-state index in [2.05, 4.69) is 96.0 Å². The van der Waals surface area contributed by atoms with Crippen LogP contribution >= 0.6 is 12.0 Å². The average Bonchev–Trinajstić information content (AvgIpc) is 3.74. The van der Waals surface area contributed by atoms with Crippen molar-refractivity contribution in [3.05, 3.63) is 105 Å². The molecule has 11 heteroatoms. The highest BCUT2D eigenvalue weighted by molar-refractivity contribution is 7.94. The summed E-state index contributed by atoms with van der Waals surface area (Å²) in [4.78, 5) is 17.7. The molecule has 0 bridgehead atoms. The average molecular weight is 792 g/mol. The molecule has 10 nitrogen and oxygen atoms in total. The SMILES string of the molecule is CCCCC[N+]1=C(C=CC2=C(N(C)C(=O)OC(C)(C)C)C(=CC=C3N(CCCCSOO[O-])c4ccc(C#N)cc4C3(C)C)CC2)C(C)(C)c2cc(C#N)ccc21. The first-order valence-corrected chi connectivity index (χ1v) is 20.9. The van der Waals surface area contributed by atoms with Crippen LogP contribution < -0.4 is 10.2 Å². The van der Waals surface area contributed by atoms with E-state index in [-0.39, 0.29) is 5.41 Å². The van der Waals surface area contributed by atoms with E-state index in [9.17, 15) is 20.6 Å². The maximum absolute atomic E-state index is 13.7. The molecule has 0 unspecified atom stereocenters. The molecule has 3 aliphatic rings. The fourth-order valence-electron chi connectivity index (χ4n) is 8.22. The van der Waals surface area contributed by atoms with E-state index < -0.39 is 17.1 Å². The number of ether oxygens (including phenoxy) is 1. The molecule has 5 rings (SSSR count). The summed E-state index contributed by atoms with van der Waals surface area (Å²) in [6.45, 7) is 18.3. The molecule has 2 heterocycles. The first kappa shape index (κ1) is 43.5. The predicted octanol–water partition coefficient (Wildman–Crippen LogP) is 9.73. The Morgan fingerprint density at radius 2 is 1.67 bits per heavy atom. The van der Waals surface area contributed by atoms with Crippen LogP contribution in [0.5, 0.6) is 0 Å². The van der Waals surface area contributed by atoms with Crippen molar-refractivity contribution in [3.8, 4) is 12.1 Å². The van der Waals surface area contributed by atoms with Gasteiger partial charge in [-0.3, -0.25) is 9.94 Å². The van der Waals surface area contributed by atoms with Gasteiger partial charge in [0, 0.05) is 72.3 Å². The minimum absolute atomic E-state index is 0.335. The van der Waals surface area contributed by atoms with Crippen molar-refractivity contribution in [1.82, 2.24) is 4.90 Å². The topological polar surface area (TPSA) is 125 Å². The van der Waals surface area contributed by atoms with E-state index in [0.717, 1.165) is 115 Å². The molecule has 0 fully saturated rings. The zero-order chi connectivity index (χ0) is 41.5. The molecule has 2 aliphatic heterocycles. The van der Waals surface area contributed by atoms with Crippen molar-refractivity contribution in [2.24, 2.45) is 0 Å². The smallest absolute Gasteiger partial charge is 0.414 e. The third-order valence-electron chi connectivity index (χ3n) is 11.1. The van der Waals surface area contributed by atoms with Crippen LogP contribution in [0.2, 0.25) is 0 Å². The Kier molecular flexibility index (Phi) is 14.0. The van der Waals surface area contributed by atoms with Crippen molar-refractivity contribution in [2.75, 3.05) is 30.8 Å². The number of amides is 1. The number of nitriles is 2. The number of benzene rings is 2. The van der Waals surface area contributed by atoms with Crippen molar-refractivity contribution in [3.63, 3.8) is 0 Å². The number of carbonyl (C=O) groups excluding carboxylic acids is 1. The van der Waals surface area contributed by atoms with Crippen LogP contribution in [-0.4, -0.2) is 52.8 Å². The lowest BCUT2D eigenvalue weighted by Gasteiger charge is -2.28. The summed E-state index contributed by atoms with van der Waals surface area (Å²) in [7, 11) is 1.79. The number of rotatable bonds is 15. The van der Waals surface area contributed by atoms with Gasteiger partial charge in [-0.25, -0.2) is 4.79 Å². The van der Waals surface area contributed by atoms with Crippen molar-refractivity contribution < 1.29 is 28.7 Å². The predicted molar refractivity (Wildman–Crippen MR) is 224 cm³/mol. The first-order valence-electron chi connectivity index (χ1n) is 20.0. The number of unbranched alkanes of at least 4 members (excludes halogenated alkanes) is 3. The minimum Gasteiger partial charge on any atom is -0.691 e. The van der Waals surface area contributed by atoms with Gasteiger partial charge < -0.3 is 14.9 Å². The van der Waals surface area contributed by atoms with Gasteiger partial charge >= 0.3 is 6.09 Å². The summed E-state index contributed by atoms with van der Waals surface area (Å²) in [5.74, 6) is 0.615. The molecule has 0 N–H and O–H groups in total. The Bertz CT molecular complexity index is 2090. The molecule has 57 heavy (non-hydrogen) atoms. The molecule has 0 saturated heterocycles. The van der Waals surface area contributed by atoms with Crippen LogP contribution in [0.15, 0.2) is 83.2 Å². The molecule has 0 atom stereocenters. The Hall–Kier alpha value is -4.65. The van der Waals surface area contributed by atoms with E-state index in [1.165, 1.54) is 5.71 Å². The third-order valence-corrected chi connectivity index (χ3v) is 11.7. The molecular formula is C46H57N5O5S. The Morgan fingerprint density at radius 3 is 2.33 bits per heavy atom. The van der Waals surface area contributed by atoms with Crippen LogP contribution in [-0.2, 0) is 24.9 Å². The number of hydrogen-bond acceptors (Lipinski definition) is 9. The summed E-state index contributed by atoms with van der Waals surface area (Å²) in [6.07, 6.45) is 14.7. The number of likely N-dealkylation sites (N-methyl/N-ethyl adjacent to an activating group) is 1. The molecule has 2 aromatic carbocycles. The summed E-state index contributed by atoms with van der Waals surface area (Å²) in [5.41, 5.74) is 9.47. The summed E-state index contributed by atoms with van der Waals surface area (Å²) >= 11 is 0.995. The maximum atomic E-state index is 13.7. The van der Waals surface area contributed by atoms with Gasteiger partial charge in [0.1, 0.15) is 12.1 Å². The van der Waals surface area contributed by atoms with E-state index in [1.54, 1.807) is 11.9 Å². The Balaban J connectivity index is 1.59. The second kappa shape index (κ2) is 18.3. The van der Waals surface area contributed by atoms with Gasteiger partial charge in [0.2, 0.25) is 5.69 Å². The lowest BCUT2D eigenvalue weighted by molar-refractivity contribution is -0.777. The summed E-state index contributed by atoms with van der Waals surface area (Å²) in [6, 6.07) is 16.5. The maximum Gasteiger partial charge on any atom is 0.414 e. The van der Waals surface area contributed by atoms with Gasteiger partial charge in [-0.15, -0.1) is 0 Å².